The number of amides is 1. The molecule has 0 spiro atoms. The summed E-state index contributed by atoms with van der Waals surface area (Å²) < 4.78 is 12.7. The van der Waals surface area contributed by atoms with E-state index < -0.39 is 5.91 Å². The van der Waals surface area contributed by atoms with Crippen molar-refractivity contribution in [1.29, 1.82) is 0 Å². The van der Waals surface area contributed by atoms with Gasteiger partial charge in [-0.15, -0.1) is 0 Å². The Hall–Kier alpha value is -10.7. The first-order valence-electron chi connectivity index (χ1n) is 26.3. The van der Waals surface area contributed by atoms with E-state index in [4.69, 9.17) is 47.5 Å². The van der Waals surface area contributed by atoms with Crippen molar-refractivity contribution < 1.29 is 14.3 Å². The lowest BCUT2D eigenvalue weighted by atomic mass is 10.0. The van der Waals surface area contributed by atoms with Crippen LogP contribution in [0.15, 0.2) is 218 Å². The number of hydrogen-bond acceptors (Lipinski definition) is 13. The van der Waals surface area contributed by atoms with Gasteiger partial charge in [0.05, 0.1) is 50.7 Å². The third-order valence-electron chi connectivity index (χ3n) is 13.7. The average molecular weight is 1090 g/mol. The van der Waals surface area contributed by atoms with Gasteiger partial charge in [0.1, 0.15) is 22.5 Å². The van der Waals surface area contributed by atoms with Gasteiger partial charge in [0.15, 0.2) is 11.5 Å². The number of aromatic amines is 1. The number of benzene rings is 4. The topological polar surface area (TPSA) is 198 Å². The van der Waals surface area contributed by atoms with Gasteiger partial charge in [0, 0.05) is 82.0 Å². The van der Waals surface area contributed by atoms with Crippen LogP contribution >= 0.6 is 12.2 Å². The van der Waals surface area contributed by atoms with Gasteiger partial charge in [0.25, 0.3) is 0 Å². The summed E-state index contributed by atoms with van der Waals surface area (Å²) in [6, 6.07) is 58.6. The number of ether oxygens (including phenoxy) is 2. The van der Waals surface area contributed by atoms with Crippen molar-refractivity contribution >= 4 is 56.8 Å². The van der Waals surface area contributed by atoms with Gasteiger partial charge in [-0.05, 0) is 134 Å². The van der Waals surface area contributed by atoms with Gasteiger partial charge in [-0.2, -0.15) is 5.10 Å². The zero-order chi connectivity index (χ0) is 55.9. The summed E-state index contributed by atoms with van der Waals surface area (Å²) >= 11 is 5.76. The molecule has 82 heavy (non-hydrogen) atoms. The molecule has 2 aliphatic heterocycles. The molecule has 1 atom stereocenters. The zero-order valence-electron chi connectivity index (χ0n) is 44.5. The van der Waals surface area contributed by atoms with Crippen molar-refractivity contribution in [2.45, 2.75) is 26.3 Å². The second-order valence-electron chi connectivity index (χ2n) is 19.2. The van der Waals surface area contributed by atoms with Gasteiger partial charge >= 0.3 is 0 Å². The fourth-order valence-electron chi connectivity index (χ4n) is 9.67. The van der Waals surface area contributed by atoms with Crippen LogP contribution in [0, 0.1) is 13.8 Å². The molecule has 16 heteroatoms. The summed E-state index contributed by atoms with van der Waals surface area (Å²) in [6.45, 7) is 4.19. The first kappa shape index (κ1) is 52.0. The first-order valence-corrected chi connectivity index (χ1v) is 26.8. The summed E-state index contributed by atoms with van der Waals surface area (Å²) in [5.41, 5.74) is 22.3. The molecule has 1 amide bonds. The number of carbonyl (C=O) groups is 1. The SMILES string of the molecule is Cc1cccc(-c2nn(C(=S)Cc3ccccc3)cc2-c2ccnc3ccccc23)n1.Cc1cccc(C2N=CC=C2c2ccc3ncccc3n2)n1.NC(=O)c1ccc(-c2nc(-c3ccc4c(c3)OCO4)c(-c3ccccn3)[nH]2)cc1. The van der Waals surface area contributed by atoms with Crippen LogP contribution in [0.5, 0.6) is 11.5 Å². The number of allylic oxidation sites excluding steroid dienone is 1. The Labute approximate surface area is 477 Å². The molecular formula is C66H50N12O3S. The van der Waals surface area contributed by atoms with Crippen LogP contribution < -0.4 is 15.2 Å². The number of aryl methyl sites for hydroxylation is 2. The molecule has 0 radical (unpaired) electrons. The number of nitrogens with two attached hydrogens (primary N) is 1. The summed E-state index contributed by atoms with van der Waals surface area (Å²) in [6.07, 6.45) is 11.9. The van der Waals surface area contributed by atoms with E-state index in [0.29, 0.717) is 29.3 Å². The number of primary amides is 1. The molecule has 2 aliphatic rings. The van der Waals surface area contributed by atoms with E-state index in [1.807, 2.05) is 195 Å². The van der Waals surface area contributed by atoms with E-state index in [9.17, 15) is 4.79 Å². The number of H-pyrrole nitrogens is 1. The number of para-hydroxylation sites is 1. The highest BCUT2D eigenvalue weighted by Crippen LogP contribution is 2.40. The highest BCUT2D eigenvalue weighted by Gasteiger charge is 2.24. The third-order valence-corrected chi connectivity index (χ3v) is 14.0. The summed E-state index contributed by atoms with van der Waals surface area (Å²) in [7, 11) is 0. The van der Waals surface area contributed by atoms with E-state index >= 15 is 0 Å². The molecule has 398 valence electrons. The largest absolute Gasteiger partial charge is 0.454 e. The van der Waals surface area contributed by atoms with Crippen LogP contribution in [0.2, 0.25) is 0 Å². The Balaban J connectivity index is 0.000000123. The molecule has 0 bridgehead atoms. The number of nitrogens with one attached hydrogen (secondary N) is 1. The van der Waals surface area contributed by atoms with Crippen molar-refractivity contribution in [2.75, 3.05) is 6.79 Å². The number of hydrogen-bond donors (Lipinski definition) is 2. The van der Waals surface area contributed by atoms with Crippen LogP contribution in [0.4, 0.5) is 0 Å². The minimum Gasteiger partial charge on any atom is -0.454 e. The molecule has 1 unspecified atom stereocenters. The fraction of sp³-hybridized carbons (Fsp3) is 0.0758. The third kappa shape index (κ3) is 11.3. The van der Waals surface area contributed by atoms with E-state index in [2.05, 4.69) is 48.1 Å². The lowest BCUT2D eigenvalue weighted by Gasteiger charge is -2.13. The van der Waals surface area contributed by atoms with Crippen LogP contribution in [-0.4, -0.2) is 73.6 Å². The van der Waals surface area contributed by atoms with Crippen molar-refractivity contribution in [3.8, 4) is 68.0 Å². The number of imidazole rings is 1. The maximum Gasteiger partial charge on any atom is 0.248 e. The first-order chi connectivity index (χ1) is 40.2. The molecule has 8 aromatic heterocycles. The lowest BCUT2D eigenvalue weighted by molar-refractivity contribution is 0.1000. The van der Waals surface area contributed by atoms with Crippen LogP contribution in [0.1, 0.15) is 44.7 Å². The molecule has 10 heterocycles. The maximum absolute atomic E-state index is 11.3. The summed E-state index contributed by atoms with van der Waals surface area (Å²) in [4.78, 5) is 52.2. The molecular weight excluding hydrogens is 1040 g/mol. The number of aromatic nitrogens is 10. The van der Waals surface area contributed by atoms with Gasteiger partial charge in [0.2, 0.25) is 12.7 Å². The quantitative estimate of drug-likeness (QED) is 0.123. The highest BCUT2D eigenvalue weighted by atomic mass is 32.1. The number of pyridine rings is 6. The van der Waals surface area contributed by atoms with Gasteiger partial charge in [-0.3, -0.25) is 34.7 Å². The molecule has 0 fully saturated rings. The Bertz CT molecular complexity index is 4390. The average Bonchev–Trinajstić information content (AvgIpc) is 4.57. The number of thiocarbonyl (C=S) groups is 1. The van der Waals surface area contributed by atoms with E-state index in [1.54, 1.807) is 24.5 Å². The van der Waals surface area contributed by atoms with Crippen molar-refractivity contribution in [1.82, 2.24) is 49.7 Å². The van der Waals surface area contributed by atoms with E-state index in [0.717, 1.165) is 112 Å². The second kappa shape index (κ2) is 23.3. The molecule has 12 aromatic rings. The van der Waals surface area contributed by atoms with E-state index in [1.165, 1.54) is 0 Å². The van der Waals surface area contributed by atoms with E-state index in [-0.39, 0.29) is 12.8 Å². The lowest BCUT2D eigenvalue weighted by Crippen LogP contribution is -2.12. The Morgan fingerprint density at radius 1 is 0.622 bits per heavy atom. The predicted molar refractivity (Wildman–Crippen MR) is 324 cm³/mol. The van der Waals surface area contributed by atoms with Crippen LogP contribution in [-0.2, 0) is 6.42 Å². The predicted octanol–water partition coefficient (Wildman–Crippen LogP) is 13.1. The number of aliphatic imine (C=N–C) groups is 1. The molecule has 0 saturated heterocycles. The molecule has 0 aliphatic carbocycles. The minimum absolute atomic E-state index is 0.0819. The van der Waals surface area contributed by atoms with Crippen LogP contribution in [0.3, 0.4) is 0 Å². The zero-order valence-corrected chi connectivity index (χ0v) is 45.3. The molecule has 3 N–H and O–H groups in total. The normalized spacial score (nSPS) is 13.0. The Morgan fingerprint density at radius 2 is 1.37 bits per heavy atom. The monoisotopic (exact) mass is 1090 g/mol. The molecule has 0 saturated carbocycles. The fourth-order valence-corrected chi connectivity index (χ4v) is 9.93. The minimum atomic E-state index is -0.466. The molecule has 15 nitrogen and oxygen atoms in total. The highest BCUT2D eigenvalue weighted by molar-refractivity contribution is 7.80. The van der Waals surface area contributed by atoms with Gasteiger partial charge < -0.3 is 20.2 Å². The second-order valence-corrected chi connectivity index (χ2v) is 19.7. The number of carbonyl (C=O) groups excluding carboxylic acids is 1. The Morgan fingerprint density at radius 3 is 2.18 bits per heavy atom. The van der Waals surface area contributed by atoms with Gasteiger partial charge in [-0.25, -0.2) is 14.6 Å². The number of rotatable bonds is 10. The van der Waals surface area contributed by atoms with Gasteiger partial charge in [-0.1, -0.05) is 91.1 Å². The summed E-state index contributed by atoms with van der Waals surface area (Å²) in [5.74, 6) is 1.59. The van der Waals surface area contributed by atoms with Crippen molar-refractivity contribution in [3.05, 3.63) is 247 Å². The smallest absolute Gasteiger partial charge is 0.248 e. The maximum atomic E-state index is 11.3. The van der Waals surface area contributed by atoms with Crippen molar-refractivity contribution in [2.24, 2.45) is 10.7 Å². The number of fused-ring (bicyclic) bond motifs is 3. The summed E-state index contributed by atoms with van der Waals surface area (Å²) in [5, 5.41) is 5.97. The van der Waals surface area contributed by atoms with Crippen molar-refractivity contribution in [3.63, 3.8) is 0 Å². The number of nitrogens with zero attached hydrogens (tertiary/aromatic N) is 10. The standard InChI is InChI=1S/C26H20N4S.C22H16N4O3.C18H14N4/c1-18-8-7-13-24(28-18)26-22(20-14-15-27-23-12-6-5-11-21(20)23)17-30(29-26)25(31)16-19-9-3-2-4-10-19;23-21(27)13-4-6-14(7-5-13)22-25-19(20(26-22)16-3-1-2-10-24-16)15-8-9-17-18(11-15)29-12-28-17;1-12-4-2-5-17(21-12)18-13(9-11-20-18)14-7-8-15-16(22-14)6-3-10-19-15/h2-15,17H,16H2,1H3;1-11H,12H2,(H2,23,27)(H,25,26);2-11,18H,1H3. The Kier molecular flexibility index (Phi) is 14.8. The van der Waals surface area contributed by atoms with Crippen LogP contribution in [0.25, 0.3) is 84.1 Å². The molecule has 4 aromatic carbocycles. The molecule has 14 rings (SSSR count).